The van der Waals surface area contributed by atoms with Crippen LogP contribution < -0.4 is 5.32 Å². The van der Waals surface area contributed by atoms with Crippen molar-refractivity contribution in [1.82, 2.24) is 5.32 Å². The Balaban J connectivity index is 2.40. The summed E-state index contributed by atoms with van der Waals surface area (Å²) in [7, 11) is 4.24. The highest BCUT2D eigenvalue weighted by molar-refractivity contribution is 5.91. The number of quaternary nitrogens is 1. The third-order valence-electron chi connectivity index (χ3n) is 3.20. The Morgan fingerprint density at radius 1 is 1.35 bits per heavy atom. The standard InChI is InChI=1S/C16H24N2O2/c1-13(2)16(20)17-10-7-11-18(3,4)12-14-8-5-6-9-15(14)19/h5-6,8-9H,1,7,10-12H2,2-4H3,(H-,17,19,20)/p+1. The summed E-state index contributed by atoms with van der Waals surface area (Å²) < 4.78 is 0.764. The quantitative estimate of drug-likeness (QED) is 0.455. The summed E-state index contributed by atoms with van der Waals surface area (Å²) in [5.74, 6) is 0.255. The topological polar surface area (TPSA) is 49.3 Å². The van der Waals surface area contributed by atoms with Crippen molar-refractivity contribution >= 4 is 5.91 Å². The number of phenolic OH excluding ortho intramolecular Hbond substituents is 1. The second-order valence-electron chi connectivity index (χ2n) is 5.84. The number of para-hydroxylation sites is 1. The predicted molar refractivity (Wildman–Crippen MR) is 81.2 cm³/mol. The van der Waals surface area contributed by atoms with Gasteiger partial charge in [0.05, 0.1) is 20.6 Å². The second-order valence-corrected chi connectivity index (χ2v) is 5.84. The van der Waals surface area contributed by atoms with Gasteiger partial charge in [-0.25, -0.2) is 0 Å². The smallest absolute Gasteiger partial charge is 0.246 e. The Morgan fingerprint density at radius 3 is 2.60 bits per heavy atom. The molecule has 1 aromatic rings. The van der Waals surface area contributed by atoms with Gasteiger partial charge < -0.3 is 14.9 Å². The number of carbonyl (C=O) groups excluding carboxylic acids is 1. The van der Waals surface area contributed by atoms with Gasteiger partial charge in [0.1, 0.15) is 12.3 Å². The van der Waals surface area contributed by atoms with Gasteiger partial charge in [-0.2, -0.15) is 0 Å². The van der Waals surface area contributed by atoms with E-state index in [4.69, 9.17) is 0 Å². The lowest BCUT2D eigenvalue weighted by molar-refractivity contribution is -0.903. The summed E-state index contributed by atoms with van der Waals surface area (Å²) in [5, 5.41) is 12.6. The lowest BCUT2D eigenvalue weighted by atomic mass is 10.1. The lowest BCUT2D eigenvalue weighted by Crippen LogP contribution is -2.41. The zero-order chi connectivity index (χ0) is 15.2. The monoisotopic (exact) mass is 277 g/mol. The van der Waals surface area contributed by atoms with Crippen LogP contribution in [0.5, 0.6) is 5.75 Å². The molecule has 0 aliphatic rings. The maximum absolute atomic E-state index is 11.4. The number of phenols is 1. The highest BCUT2D eigenvalue weighted by atomic mass is 16.3. The summed E-state index contributed by atoms with van der Waals surface area (Å²) in [5.41, 5.74) is 1.48. The molecule has 0 aromatic heterocycles. The van der Waals surface area contributed by atoms with Crippen molar-refractivity contribution in [1.29, 1.82) is 0 Å². The summed E-state index contributed by atoms with van der Waals surface area (Å²) in [6.07, 6.45) is 0.889. The molecule has 0 atom stereocenters. The SMILES string of the molecule is C=C(C)C(=O)NCCC[N+](C)(C)Cc1ccccc1O. The van der Waals surface area contributed by atoms with Gasteiger partial charge >= 0.3 is 0 Å². The highest BCUT2D eigenvalue weighted by Crippen LogP contribution is 2.19. The first-order valence-corrected chi connectivity index (χ1v) is 6.84. The number of hydrogen-bond donors (Lipinski definition) is 2. The highest BCUT2D eigenvalue weighted by Gasteiger charge is 2.17. The van der Waals surface area contributed by atoms with Crippen molar-refractivity contribution in [3.05, 3.63) is 42.0 Å². The van der Waals surface area contributed by atoms with Crippen LogP contribution in [0.3, 0.4) is 0 Å². The fraction of sp³-hybridized carbons (Fsp3) is 0.438. The van der Waals surface area contributed by atoms with E-state index >= 15 is 0 Å². The zero-order valence-corrected chi connectivity index (χ0v) is 12.6. The Hall–Kier alpha value is -1.81. The van der Waals surface area contributed by atoms with Crippen LogP contribution in [0.4, 0.5) is 0 Å². The molecule has 0 aliphatic carbocycles. The van der Waals surface area contributed by atoms with Gasteiger partial charge in [-0.15, -0.1) is 0 Å². The minimum absolute atomic E-state index is 0.0870. The summed E-state index contributed by atoms with van der Waals surface area (Å²) in [6, 6.07) is 7.41. The van der Waals surface area contributed by atoms with E-state index in [0.717, 1.165) is 29.6 Å². The molecule has 1 rings (SSSR count). The van der Waals surface area contributed by atoms with E-state index in [1.54, 1.807) is 13.0 Å². The van der Waals surface area contributed by atoms with E-state index < -0.39 is 0 Å². The van der Waals surface area contributed by atoms with Crippen molar-refractivity contribution in [2.45, 2.75) is 19.9 Å². The Bertz CT molecular complexity index is 481. The molecular weight excluding hydrogens is 252 g/mol. The summed E-state index contributed by atoms with van der Waals surface area (Å²) >= 11 is 0. The fourth-order valence-electron chi connectivity index (χ4n) is 2.04. The molecule has 4 heteroatoms. The normalized spacial score (nSPS) is 11.2. The first-order valence-electron chi connectivity index (χ1n) is 6.84. The number of hydrogen-bond acceptors (Lipinski definition) is 2. The molecule has 4 nitrogen and oxygen atoms in total. The van der Waals surface area contributed by atoms with Crippen LogP contribution in [0.2, 0.25) is 0 Å². The van der Waals surface area contributed by atoms with Crippen LogP contribution in [0, 0.1) is 0 Å². The summed E-state index contributed by atoms with van der Waals surface area (Å²) in [4.78, 5) is 11.4. The average Bonchev–Trinajstić information content (AvgIpc) is 2.37. The third-order valence-corrected chi connectivity index (χ3v) is 3.20. The van der Waals surface area contributed by atoms with Crippen LogP contribution in [0.25, 0.3) is 0 Å². The molecule has 2 N–H and O–H groups in total. The van der Waals surface area contributed by atoms with Gasteiger partial charge in [0.2, 0.25) is 5.91 Å². The molecule has 0 aliphatic heterocycles. The molecule has 20 heavy (non-hydrogen) atoms. The second kappa shape index (κ2) is 7.10. The molecule has 0 saturated heterocycles. The number of rotatable bonds is 7. The first kappa shape index (κ1) is 16.2. The molecule has 110 valence electrons. The number of amides is 1. The molecule has 0 radical (unpaired) electrons. The van der Waals surface area contributed by atoms with E-state index in [9.17, 15) is 9.90 Å². The Morgan fingerprint density at radius 2 is 2.00 bits per heavy atom. The molecular formula is C16H25N2O2+. The first-order chi connectivity index (χ1) is 9.32. The average molecular weight is 277 g/mol. The molecule has 0 heterocycles. The van der Waals surface area contributed by atoms with E-state index in [1.807, 2.05) is 18.2 Å². The van der Waals surface area contributed by atoms with E-state index in [0.29, 0.717) is 17.9 Å². The number of aromatic hydroxyl groups is 1. The lowest BCUT2D eigenvalue weighted by Gasteiger charge is -2.30. The molecule has 0 bridgehead atoms. The molecule has 1 aromatic carbocycles. The molecule has 0 spiro atoms. The largest absolute Gasteiger partial charge is 0.507 e. The zero-order valence-electron chi connectivity index (χ0n) is 12.6. The maximum atomic E-state index is 11.4. The molecule has 1 amide bonds. The van der Waals surface area contributed by atoms with Crippen molar-refractivity contribution in [2.24, 2.45) is 0 Å². The van der Waals surface area contributed by atoms with Crippen LogP contribution in [0.1, 0.15) is 18.9 Å². The number of nitrogens with one attached hydrogen (secondary N) is 1. The van der Waals surface area contributed by atoms with Crippen LogP contribution in [-0.2, 0) is 11.3 Å². The van der Waals surface area contributed by atoms with Gasteiger partial charge in [-0.3, -0.25) is 4.79 Å². The van der Waals surface area contributed by atoms with Gasteiger partial charge in [0.25, 0.3) is 0 Å². The number of nitrogens with zero attached hydrogens (tertiary/aromatic N) is 1. The van der Waals surface area contributed by atoms with Crippen LogP contribution in [-0.4, -0.2) is 42.7 Å². The van der Waals surface area contributed by atoms with E-state index in [-0.39, 0.29) is 5.91 Å². The van der Waals surface area contributed by atoms with Crippen molar-refractivity contribution in [2.75, 3.05) is 27.2 Å². The van der Waals surface area contributed by atoms with Gasteiger partial charge in [-0.05, 0) is 19.1 Å². The molecule has 0 saturated carbocycles. The predicted octanol–water partition coefficient (Wildman–Crippen LogP) is 2.05. The van der Waals surface area contributed by atoms with E-state index in [2.05, 4.69) is 26.0 Å². The van der Waals surface area contributed by atoms with Gasteiger partial charge in [-0.1, -0.05) is 18.7 Å². The van der Waals surface area contributed by atoms with Crippen molar-refractivity contribution in [3.8, 4) is 5.75 Å². The minimum atomic E-state index is -0.0870. The third kappa shape index (κ3) is 5.45. The van der Waals surface area contributed by atoms with Gasteiger partial charge in [0.15, 0.2) is 0 Å². The van der Waals surface area contributed by atoms with Crippen LogP contribution in [0.15, 0.2) is 36.4 Å². The van der Waals surface area contributed by atoms with Crippen molar-refractivity contribution < 1.29 is 14.4 Å². The molecule has 0 fully saturated rings. The number of carbonyl (C=O) groups is 1. The van der Waals surface area contributed by atoms with Gasteiger partial charge in [0, 0.05) is 24.1 Å². The molecule has 0 unspecified atom stereocenters. The number of benzene rings is 1. The van der Waals surface area contributed by atoms with E-state index in [1.165, 1.54) is 0 Å². The summed E-state index contributed by atoms with van der Waals surface area (Å²) in [6.45, 7) is 7.64. The Kier molecular flexibility index (Phi) is 5.77. The maximum Gasteiger partial charge on any atom is 0.246 e. The fourth-order valence-corrected chi connectivity index (χ4v) is 2.04. The minimum Gasteiger partial charge on any atom is -0.507 e. The van der Waals surface area contributed by atoms with Crippen LogP contribution >= 0.6 is 0 Å². The Labute approximate surface area is 121 Å². The van der Waals surface area contributed by atoms with Crippen molar-refractivity contribution in [3.63, 3.8) is 0 Å².